The summed E-state index contributed by atoms with van der Waals surface area (Å²) in [5, 5.41) is 9.20. The quantitative estimate of drug-likeness (QED) is 0.801. The maximum Gasteiger partial charge on any atom is 0.407 e. The Bertz CT molecular complexity index is 618. The van der Waals surface area contributed by atoms with E-state index in [1.807, 2.05) is 29.2 Å². The lowest BCUT2D eigenvalue weighted by Crippen LogP contribution is -2.44. The number of carbonyl (C=O) groups excluding carboxylic acids is 1. The predicted octanol–water partition coefficient (Wildman–Crippen LogP) is 3.40. The van der Waals surface area contributed by atoms with Gasteiger partial charge in [-0.2, -0.15) is 0 Å². The molecule has 0 radical (unpaired) electrons. The highest BCUT2D eigenvalue weighted by molar-refractivity contribution is 7.99. The zero-order valence-corrected chi connectivity index (χ0v) is 14.8. The van der Waals surface area contributed by atoms with Crippen LogP contribution in [0.4, 0.5) is 4.79 Å². The molecule has 0 unspecified atom stereocenters. The van der Waals surface area contributed by atoms with Crippen LogP contribution < -0.4 is 0 Å². The van der Waals surface area contributed by atoms with Crippen molar-refractivity contribution in [2.24, 2.45) is 5.92 Å². The van der Waals surface area contributed by atoms with E-state index in [0.29, 0.717) is 19.0 Å². The molecule has 1 aromatic rings. The van der Waals surface area contributed by atoms with Crippen molar-refractivity contribution in [3.8, 4) is 0 Å². The largest absolute Gasteiger partial charge is 0.465 e. The van der Waals surface area contributed by atoms with Crippen LogP contribution >= 0.6 is 11.8 Å². The molecule has 2 aliphatic rings. The summed E-state index contributed by atoms with van der Waals surface area (Å²) in [7, 11) is 0. The second kappa shape index (κ2) is 7.47. The van der Waals surface area contributed by atoms with Crippen LogP contribution in [0.2, 0.25) is 0 Å². The van der Waals surface area contributed by atoms with Gasteiger partial charge in [-0.05, 0) is 43.1 Å². The van der Waals surface area contributed by atoms with Gasteiger partial charge in [-0.1, -0.05) is 19.1 Å². The predicted molar refractivity (Wildman–Crippen MR) is 94.6 cm³/mol. The number of carboxylic acid groups (broad SMARTS) is 1. The molecule has 24 heavy (non-hydrogen) atoms. The first-order valence-corrected chi connectivity index (χ1v) is 9.59. The Kier molecular flexibility index (Phi) is 5.33. The molecule has 0 bridgehead atoms. The minimum atomic E-state index is -0.891. The van der Waals surface area contributed by atoms with Crippen molar-refractivity contribution in [3.63, 3.8) is 0 Å². The molecule has 0 aromatic heterocycles. The zero-order valence-electron chi connectivity index (χ0n) is 14.0. The van der Waals surface area contributed by atoms with E-state index in [1.165, 1.54) is 17.7 Å². The molecule has 1 aliphatic carbocycles. The van der Waals surface area contributed by atoms with E-state index in [1.54, 1.807) is 11.8 Å². The van der Waals surface area contributed by atoms with E-state index in [2.05, 4.69) is 6.92 Å². The fraction of sp³-hybridized carbons (Fsp3) is 0.556. The van der Waals surface area contributed by atoms with Gasteiger partial charge in [0.2, 0.25) is 0 Å². The highest BCUT2D eigenvalue weighted by Gasteiger charge is 2.36. The number of carbonyl (C=O) groups is 2. The van der Waals surface area contributed by atoms with Gasteiger partial charge in [-0.25, -0.2) is 4.79 Å². The van der Waals surface area contributed by atoms with Crippen LogP contribution in [0, 0.1) is 5.92 Å². The van der Waals surface area contributed by atoms with Crippen LogP contribution in [0.3, 0.4) is 0 Å². The number of thioether (sulfide) groups is 1. The number of hydrogen-bond donors (Lipinski definition) is 1. The minimum absolute atomic E-state index is 0.00566. The third-order valence-electron chi connectivity index (χ3n) is 4.70. The maximum atomic E-state index is 13.2. The Morgan fingerprint density at radius 1 is 1.29 bits per heavy atom. The van der Waals surface area contributed by atoms with Gasteiger partial charge >= 0.3 is 6.09 Å². The van der Waals surface area contributed by atoms with Gasteiger partial charge in [-0.15, -0.1) is 11.8 Å². The van der Waals surface area contributed by atoms with E-state index in [4.69, 9.17) is 0 Å². The van der Waals surface area contributed by atoms with Gasteiger partial charge < -0.3 is 14.9 Å². The molecule has 1 atom stereocenters. The Morgan fingerprint density at radius 3 is 2.67 bits per heavy atom. The highest BCUT2D eigenvalue weighted by atomic mass is 32.2. The first kappa shape index (κ1) is 17.1. The summed E-state index contributed by atoms with van der Waals surface area (Å²) in [5.74, 6) is 1.55. The van der Waals surface area contributed by atoms with Gasteiger partial charge in [0, 0.05) is 24.5 Å². The summed E-state index contributed by atoms with van der Waals surface area (Å²) in [5.41, 5.74) is 0.749. The second-order valence-corrected chi connectivity index (χ2v) is 7.81. The lowest BCUT2D eigenvalue weighted by atomic mass is 10.1. The topological polar surface area (TPSA) is 60.9 Å². The standard InChI is InChI=1S/C18H24N2O3S/c1-2-24-16-6-4-3-5-15(16)17(21)20(11-13-7-8-13)14-9-10-19(12-14)18(22)23/h3-6,13-14H,2,7-12H2,1H3,(H,22,23)/t14-/m0/s1. The number of rotatable bonds is 6. The van der Waals surface area contributed by atoms with Crippen LogP contribution in [0.25, 0.3) is 0 Å². The molecule has 1 saturated heterocycles. The van der Waals surface area contributed by atoms with E-state index in [9.17, 15) is 14.7 Å². The van der Waals surface area contributed by atoms with E-state index in [0.717, 1.165) is 29.2 Å². The van der Waals surface area contributed by atoms with Crippen molar-refractivity contribution in [1.82, 2.24) is 9.80 Å². The van der Waals surface area contributed by atoms with Crippen molar-refractivity contribution in [3.05, 3.63) is 29.8 Å². The molecular weight excluding hydrogens is 324 g/mol. The first-order chi connectivity index (χ1) is 11.6. The van der Waals surface area contributed by atoms with Crippen LogP contribution in [0.5, 0.6) is 0 Å². The van der Waals surface area contributed by atoms with Crippen LogP contribution in [-0.2, 0) is 0 Å². The average molecular weight is 348 g/mol. The fourth-order valence-electron chi connectivity index (χ4n) is 3.23. The lowest BCUT2D eigenvalue weighted by Gasteiger charge is -2.29. The fourth-order valence-corrected chi connectivity index (χ4v) is 4.02. The molecule has 1 aromatic carbocycles. The molecule has 2 fully saturated rings. The van der Waals surface area contributed by atoms with E-state index >= 15 is 0 Å². The smallest absolute Gasteiger partial charge is 0.407 e. The normalized spacial score (nSPS) is 20.2. The highest BCUT2D eigenvalue weighted by Crippen LogP contribution is 2.33. The van der Waals surface area contributed by atoms with Crippen molar-refractivity contribution in [2.75, 3.05) is 25.4 Å². The molecule has 5 nitrogen and oxygen atoms in total. The number of nitrogens with zero attached hydrogens (tertiary/aromatic N) is 2. The molecule has 1 aliphatic heterocycles. The summed E-state index contributed by atoms with van der Waals surface area (Å²) in [6, 6.07) is 7.75. The minimum Gasteiger partial charge on any atom is -0.465 e. The van der Waals surface area contributed by atoms with Crippen molar-refractivity contribution < 1.29 is 14.7 Å². The molecule has 2 amide bonds. The molecule has 1 saturated carbocycles. The summed E-state index contributed by atoms with van der Waals surface area (Å²) in [6.07, 6.45) is 2.18. The molecule has 1 N–H and O–H groups in total. The summed E-state index contributed by atoms with van der Waals surface area (Å²) in [4.78, 5) is 28.8. The average Bonchev–Trinajstić information content (AvgIpc) is 3.26. The molecule has 130 valence electrons. The number of benzene rings is 1. The Morgan fingerprint density at radius 2 is 2.04 bits per heavy atom. The first-order valence-electron chi connectivity index (χ1n) is 8.60. The van der Waals surface area contributed by atoms with Crippen molar-refractivity contribution >= 4 is 23.8 Å². The third-order valence-corrected chi connectivity index (χ3v) is 5.66. The molecule has 1 heterocycles. The Labute approximate surface area is 147 Å². The van der Waals surface area contributed by atoms with Crippen molar-refractivity contribution in [1.29, 1.82) is 0 Å². The zero-order chi connectivity index (χ0) is 17.1. The van der Waals surface area contributed by atoms with Gasteiger partial charge in [0.05, 0.1) is 11.6 Å². The molecule has 6 heteroatoms. The SMILES string of the molecule is CCSc1ccccc1C(=O)N(CC1CC1)[C@H]1CCN(C(=O)O)C1. The summed E-state index contributed by atoms with van der Waals surface area (Å²) < 4.78 is 0. The maximum absolute atomic E-state index is 13.2. The Balaban J connectivity index is 1.81. The van der Waals surface area contributed by atoms with E-state index < -0.39 is 6.09 Å². The van der Waals surface area contributed by atoms with Gasteiger partial charge in [0.1, 0.15) is 0 Å². The van der Waals surface area contributed by atoms with Crippen LogP contribution in [0.15, 0.2) is 29.2 Å². The number of amides is 2. The van der Waals surface area contributed by atoms with E-state index in [-0.39, 0.29) is 11.9 Å². The van der Waals surface area contributed by atoms with Crippen LogP contribution in [-0.4, -0.2) is 58.3 Å². The van der Waals surface area contributed by atoms with Crippen molar-refractivity contribution in [2.45, 2.75) is 37.1 Å². The van der Waals surface area contributed by atoms with Crippen LogP contribution in [0.1, 0.15) is 36.5 Å². The lowest BCUT2D eigenvalue weighted by molar-refractivity contribution is 0.0665. The summed E-state index contributed by atoms with van der Waals surface area (Å²) in [6.45, 7) is 3.77. The second-order valence-electron chi connectivity index (χ2n) is 6.50. The Hall–Kier alpha value is -1.69. The molecule has 0 spiro atoms. The number of hydrogen-bond acceptors (Lipinski definition) is 3. The molecular formula is C18H24N2O3S. The summed E-state index contributed by atoms with van der Waals surface area (Å²) >= 11 is 1.68. The molecule has 3 rings (SSSR count). The van der Waals surface area contributed by atoms with Gasteiger partial charge in [-0.3, -0.25) is 4.79 Å². The van der Waals surface area contributed by atoms with Gasteiger partial charge in [0.15, 0.2) is 0 Å². The number of likely N-dealkylation sites (tertiary alicyclic amines) is 1. The monoisotopic (exact) mass is 348 g/mol. The third kappa shape index (κ3) is 3.86. The van der Waals surface area contributed by atoms with Gasteiger partial charge in [0.25, 0.3) is 5.91 Å².